The lowest BCUT2D eigenvalue weighted by molar-refractivity contribution is 0.210. The van der Waals surface area contributed by atoms with Crippen LogP contribution in [0.2, 0.25) is 0 Å². The van der Waals surface area contributed by atoms with Gasteiger partial charge in [-0.2, -0.15) is 4.98 Å². The molecule has 0 aliphatic heterocycles. The highest BCUT2D eigenvalue weighted by atomic mass is 16.5. The van der Waals surface area contributed by atoms with Crippen molar-refractivity contribution in [3.63, 3.8) is 0 Å². The topological polar surface area (TPSA) is 59.1 Å². The van der Waals surface area contributed by atoms with E-state index in [1.165, 1.54) is 0 Å². The first-order chi connectivity index (χ1) is 10.3. The summed E-state index contributed by atoms with van der Waals surface area (Å²) in [6.45, 7) is 4.32. The van der Waals surface area contributed by atoms with Gasteiger partial charge in [0.1, 0.15) is 5.82 Å². The van der Waals surface area contributed by atoms with Crippen molar-refractivity contribution in [3.8, 4) is 11.3 Å². The molecule has 0 saturated heterocycles. The summed E-state index contributed by atoms with van der Waals surface area (Å²) in [5, 5.41) is 6.50. The van der Waals surface area contributed by atoms with Gasteiger partial charge >= 0.3 is 0 Å². The molecule has 2 N–H and O–H groups in total. The van der Waals surface area contributed by atoms with Crippen molar-refractivity contribution in [1.29, 1.82) is 0 Å². The smallest absolute Gasteiger partial charge is 0.225 e. The van der Waals surface area contributed by atoms with Gasteiger partial charge in [-0.1, -0.05) is 37.3 Å². The molecule has 0 amide bonds. The Morgan fingerprint density at radius 2 is 1.86 bits per heavy atom. The van der Waals surface area contributed by atoms with Crippen molar-refractivity contribution >= 4 is 11.8 Å². The van der Waals surface area contributed by atoms with Gasteiger partial charge in [-0.15, -0.1) is 0 Å². The Hall–Kier alpha value is -2.14. The van der Waals surface area contributed by atoms with Crippen molar-refractivity contribution in [2.75, 3.05) is 37.4 Å². The zero-order valence-electron chi connectivity index (χ0n) is 12.6. The second kappa shape index (κ2) is 8.21. The van der Waals surface area contributed by atoms with Gasteiger partial charge in [0.25, 0.3) is 0 Å². The van der Waals surface area contributed by atoms with E-state index in [1.54, 1.807) is 7.11 Å². The maximum atomic E-state index is 5.04. The van der Waals surface area contributed by atoms with Gasteiger partial charge in [-0.25, -0.2) is 4.98 Å². The van der Waals surface area contributed by atoms with Crippen LogP contribution in [0.3, 0.4) is 0 Å². The molecule has 5 heteroatoms. The van der Waals surface area contributed by atoms with Crippen molar-refractivity contribution < 1.29 is 4.74 Å². The number of hydrogen-bond acceptors (Lipinski definition) is 5. The van der Waals surface area contributed by atoms with E-state index in [-0.39, 0.29) is 0 Å². The molecule has 0 atom stereocenters. The second-order valence-corrected chi connectivity index (χ2v) is 4.67. The summed E-state index contributed by atoms with van der Waals surface area (Å²) in [7, 11) is 1.68. The highest BCUT2D eigenvalue weighted by Crippen LogP contribution is 2.21. The van der Waals surface area contributed by atoms with Crippen LogP contribution in [0.4, 0.5) is 11.8 Å². The molecule has 0 unspecified atom stereocenters. The molecule has 2 rings (SSSR count). The van der Waals surface area contributed by atoms with E-state index in [1.807, 2.05) is 36.4 Å². The Balaban J connectivity index is 2.23. The minimum absolute atomic E-state index is 0.618. The Morgan fingerprint density at radius 3 is 2.57 bits per heavy atom. The minimum Gasteiger partial charge on any atom is -0.383 e. The summed E-state index contributed by atoms with van der Waals surface area (Å²) in [4.78, 5) is 9.05. The third-order valence-electron chi connectivity index (χ3n) is 2.94. The van der Waals surface area contributed by atoms with Crippen LogP contribution < -0.4 is 10.6 Å². The fraction of sp³-hybridized carbons (Fsp3) is 0.375. The van der Waals surface area contributed by atoms with E-state index < -0.39 is 0 Å². The molecule has 0 aliphatic carbocycles. The van der Waals surface area contributed by atoms with Gasteiger partial charge in [0.15, 0.2) is 0 Å². The normalized spacial score (nSPS) is 10.4. The summed E-state index contributed by atoms with van der Waals surface area (Å²) in [6.07, 6.45) is 1.05. The van der Waals surface area contributed by atoms with E-state index >= 15 is 0 Å². The predicted octanol–water partition coefficient (Wildman–Crippen LogP) is 3.02. The van der Waals surface area contributed by atoms with Crippen LogP contribution in [-0.4, -0.2) is 36.8 Å². The van der Waals surface area contributed by atoms with Crippen molar-refractivity contribution in [2.24, 2.45) is 0 Å². The first-order valence-electron chi connectivity index (χ1n) is 7.24. The Morgan fingerprint density at radius 1 is 1.05 bits per heavy atom. The zero-order chi connectivity index (χ0) is 14.9. The van der Waals surface area contributed by atoms with Gasteiger partial charge < -0.3 is 15.4 Å². The van der Waals surface area contributed by atoms with Gasteiger partial charge in [-0.05, 0) is 6.42 Å². The van der Waals surface area contributed by atoms with Crippen LogP contribution >= 0.6 is 0 Å². The number of methoxy groups -OCH3 is 1. The van der Waals surface area contributed by atoms with E-state index in [0.29, 0.717) is 19.1 Å². The van der Waals surface area contributed by atoms with Crippen LogP contribution in [0, 0.1) is 0 Å². The van der Waals surface area contributed by atoms with E-state index in [4.69, 9.17) is 4.74 Å². The molecule has 0 saturated carbocycles. The van der Waals surface area contributed by atoms with Crippen LogP contribution in [-0.2, 0) is 4.74 Å². The average molecular weight is 286 g/mol. The number of nitrogens with zero attached hydrogens (tertiary/aromatic N) is 2. The quantitative estimate of drug-likeness (QED) is 0.730. The third-order valence-corrected chi connectivity index (χ3v) is 2.94. The van der Waals surface area contributed by atoms with Crippen LogP contribution in [0.5, 0.6) is 0 Å². The number of ether oxygens (including phenoxy) is 1. The lowest BCUT2D eigenvalue weighted by Gasteiger charge is -2.11. The lowest BCUT2D eigenvalue weighted by atomic mass is 10.1. The minimum atomic E-state index is 0.618. The van der Waals surface area contributed by atoms with Crippen molar-refractivity contribution in [1.82, 2.24) is 9.97 Å². The number of benzene rings is 1. The number of anilines is 2. The zero-order valence-corrected chi connectivity index (χ0v) is 12.6. The maximum absolute atomic E-state index is 5.04. The molecule has 0 radical (unpaired) electrons. The summed E-state index contributed by atoms with van der Waals surface area (Å²) in [5.74, 6) is 1.46. The molecule has 21 heavy (non-hydrogen) atoms. The first-order valence-corrected chi connectivity index (χ1v) is 7.24. The Labute approximate surface area is 125 Å². The van der Waals surface area contributed by atoms with Crippen LogP contribution in [0.15, 0.2) is 36.4 Å². The molecular formula is C16H22N4O. The largest absolute Gasteiger partial charge is 0.383 e. The van der Waals surface area contributed by atoms with E-state index in [9.17, 15) is 0 Å². The molecule has 2 aromatic rings. The summed E-state index contributed by atoms with van der Waals surface area (Å²) >= 11 is 0. The molecule has 5 nitrogen and oxygen atoms in total. The molecule has 1 aromatic carbocycles. The van der Waals surface area contributed by atoms with Crippen molar-refractivity contribution in [3.05, 3.63) is 36.4 Å². The number of rotatable bonds is 8. The van der Waals surface area contributed by atoms with Crippen LogP contribution in [0.25, 0.3) is 11.3 Å². The molecule has 0 spiro atoms. The SMILES string of the molecule is CCCNc1cc(-c2ccccc2)nc(NCCOC)n1. The van der Waals surface area contributed by atoms with E-state index in [0.717, 1.165) is 30.0 Å². The number of hydrogen-bond donors (Lipinski definition) is 2. The van der Waals surface area contributed by atoms with Crippen molar-refractivity contribution in [2.45, 2.75) is 13.3 Å². The molecule has 0 aliphatic rings. The first kappa shape index (κ1) is 15.3. The monoisotopic (exact) mass is 286 g/mol. The third kappa shape index (κ3) is 4.72. The average Bonchev–Trinajstić information content (AvgIpc) is 2.54. The van der Waals surface area contributed by atoms with Crippen LogP contribution in [0.1, 0.15) is 13.3 Å². The fourth-order valence-electron chi connectivity index (χ4n) is 1.89. The lowest BCUT2D eigenvalue weighted by Crippen LogP contribution is -2.12. The summed E-state index contributed by atoms with van der Waals surface area (Å²) in [5.41, 5.74) is 1.98. The van der Waals surface area contributed by atoms with Gasteiger partial charge in [0.2, 0.25) is 5.95 Å². The van der Waals surface area contributed by atoms with Gasteiger partial charge in [-0.3, -0.25) is 0 Å². The number of nitrogens with one attached hydrogen (secondary N) is 2. The standard InChI is InChI=1S/C16H22N4O/c1-3-9-17-15-12-14(13-7-5-4-6-8-13)19-16(20-15)18-10-11-21-2/h4-8,12H,3,9-11H2,1-2H3,(H2,17,18,19,20). The molecule has 0 bridgehead atoms. The second-order valence-electron chi connectivity index (χ2n) is 4.67. The molecule has 0 fully saturated rings. The Kier molecular flexibility index (Phi) is 5.97. The van der Waals surface area contributed by atoms with Gasteiger partial charge in [0, 0.05) is 31.8 Å². The van der Waals surface area contributed by atoms with E-state index in [2.05, 4.69) is 27.5 Å². The highest BCUT2D eigenvalue weighted by Gasteiger charge is 2.06. The molecule has 112 valence electrons. The summed E-state index contributed by atoms with van der Waals surface area (Å²) in [6, 6.07) is 12.1. The highest BCUT2D eigenvalue weighted by molar-refractivity contribution is 5.64. The predicted molar refractivity (Wildman–Crippen MR) is 86.6 cm³/mol. The fourth-order valence-corrected chi connectivity index (χ4v) is 1.89. The number of aromatic nitrogens is 2. The Bertz CT molecular complexity index is 545. The molecular weight excluding hydrogens is 264 g/mol. The molecule has 1 heterocycles. The maximum Gasteiger partial charge on any atom is 0.225 e. The summed E-state index contributed by atoms with van der Waals surface area (Å²) < 4.78 is 5.04. The van der Waals surface area contributed by atoms with Gasteiger partial charge in [0.05, 0.1) is 12.3 Å². The molecule has 1 aromatic heterocycles.